The topological polar surface area (TPSA) is 146 Å². The lowest BCUT2D eigenvalue weighted by Crippen LogP contribution is -2.71. The number of carbonyl (C=O) groups excluding carboxylic acids is 3. The first-order valence-electron chi connectivity index (χ1n) is 8.65. The molecule has 2 amide bonds. The monoisotopic (exact) mass is 451 g/mol. The average Bonchev–Trinajstić information content (AvgIpc) is 3.24. The molecule has 158 valence electrons. The molecule has 10 nitrogen and oxygen atoms in total. The van der Waals surface area contributed by atoms with Gasteiger partial charge in [-0.3, -0.25) is 14.5 Å². The lowest BCUT2D eigenvalue weighted by Gasteiger charge is -2.49. The Balaban J connectivity index is 1.73. The molecule has 0 radical (unpaired) electrons. The smallest absolute Gasteiger partial charge is 0.352 e. The first kappa shape index (κ1) is 21.6. The van der Waals surface area contributed by atoms with Gasteiger partial charge >= 0.3 is 11.9 Å². The van der Waals surface area contributed by atoms with E-state index in [0.29, 0.717) is 4.88 Å². The van der Waals surface area contributed by atoms with Gasteiger partial charge in [0.05, 0.1) is 4.88 Å². The number of nitrogens with zero attached hydrogens (tertiary/aromatic N) is 2. The average molecular weight is 451 g/mol. The van der Waals surface area contributed by atoms with E-state index in [0.717, 1.165) is 4.90 Å². The number of aliphatic carboxylic acids is 1. The van der Waals surface area contributed by atoms with Crippen LogP contribution < -0.4 is 5.32 Å². The van der Waals surface area contributed by atoms with Crippen LogP contribution in [0.4, 0.5) is 0 Å². The largest absolute Gasteiger partial charge is 0.477 e. The highest BCUT2D eigenvalue weighted by Crippen LogP contribution is 2.40. The molecule has 2 aliphatic rings. The Labute approximate surface area is 178 Å². The van der Waals surface area contributed by atoms with Gasteiger partial charge in [-0.25, -0.2) is 9.59 Å². The number of esters is 1. The van der Waals surface area contributed by atoms with Gasteiger partial charge in [0.25, 0.3) is 11.8 Å². The maximum atomic E-state index is 12.6. The molecule has 12 heteroatoms. The quantitative estimate of drug-likeness (QED) is 0.138. The zero-order valence-corrected chi connectivity index (χ0v) is 17.2. The van der Waals surface area contributed by atoms with Crippen LogP contribution in [0.5, 0.6) is 0 Å². The molecule has 30 heavy (non-hydrogen) atoms. The van der Waals surface area contributed by atoms with Crippen molar-refractivity contribution in [1.29, 1.82) is 0 Å². The van der Waals surface area contributed by atoms with Gasteiger partial charge in [0.2, 0.25) is 0 Å². The highest BCUT2D eigenvalue weighted by molar-refractivity contribution is 8.00. The van der Waals surface area contributed by atoms with Crippen molar-refractivity contribution < 1.29 is 34.2 Å². The van der Waals surface area contributed by atoms with Crippen molar-refractivity contribution in [1.82, 2.24) is 10.2 Å². The lowest BCUT2D eigenvalue weighted by atomic mass is 10.0. The predicted octanol–water partition coefficient (Wildman–Crippen LogP) is 0.784. The van der Waals surface area contributed by atoms with E-state index in [1.54, 1.807) is 24.4 Å². The standard InChI is InChI=1S/C18H17N3O7S2/c1-2-4-11(22)28-7-9-8-30-17-13(16(24)21(17)14(9)18(25)26)19-15(23)12(20-27)10-5-3-6-29-10/h2-6,13,17,27H,7-8H2,1H3,(H,19,23)(H,25,26)/b4-2+,20-12?/t13-,17+/m1/s1. The first-order chi connectivity index (χ1) is 14.4. The highest BCUT2D eigenvalue weighted by atomic mass is 32.2. The summed E-state index contributed by atoms with van der Waals surface area (Å²) in [5, 5.41) is 25.3. The Bertz CT molecular complexity index is 968. The Morgan fingerprint density at radius 1 is 1.43 bits per heavy atom. The lowest BCUT2D eigenvalue weighted by molar-refractivity contribution is -0.150. The second kappa shape index (κ2) is 9.13. The maximum absolute atomic E-state index is 12.6. The van der Waals surface area contributed by atoms with Crippen molar-refractivity contribution in [3.63, 3.8) is 0 Å². The predicted molar refractivity (Wildman–Crippen MR) is 108 cm³/mol. The van der Waals surface area contributed by atoms with Gasteiger partial charge in [0.1, 0.15) is 23.7 Å². The normalized spacial score (nSPS) is 21.3. The maximum Gasteiger partial charge on any atom is 0.352 e. The molecule has 1 saturated heterocycles. The molecule has 1 fully saturated rings. The van der Waals surface area contributed by atoms with Crippen LogP contribution in [0.15, 0.2) is 46.1 Å². The highest BCUT2D eigenvalue weighted by Gasteiger charge is 2.54. The first-order valence-corrected chi connectivity index (χ1v) is 10.6. The summed E-state index contributed by atoms with van der Waals surface area (Å²) in [6.07, 6.45) is 2.70. The zero-order valence-electron chi connectivity index (χ0n) is 15.6. The third-order valence-electron chi connectivity index (χ3n) is 4.30. The minimum absolute atomic E-state index is 0.206. The number of carboxylic acid groups (broad SMARTS) is 1. The van der Waals surface area contributed by atoms with E-state index in [2.05, 4.69) is 10.5 Å². The number of hydrogen-bond donors (Lipinski definition) is 3. The summed E-state index contributed by atoms with van der Waals surface area (Å²) in [7, 11) is 0. The van der Waals surface area contributed by atoms with E-state index >= 15 is 0 Å². The van der Waals surface area contributed by atoms with Crippen molar-refractivity contribution in [3.05, 3.63) is 45.8 Å². The van der Waals surface area contributed by atoms with Crippen molar-refractivity contribution in [2.24, 2.45) is 5.16 Å². The zero-order chi connectivity index (χ0) is 21.8. The number of allylic oxidation sites excluding steroid dienone is 1. The fourth-order valence-corrected chi connectivity index (χ4v) is 5.00. The van der Waals surface area contributed by atoms with E-state index in [4.69, 9.17) is 9.94 Å². The number of β-lactam (4-membered cyclic amide) rings is 1. The van der Waals surface area contributed by atoms with Crippen molar-refractivity contribution in [3.8, 4) is 0 Å². The minimum atomic E-state index is -1.33. The molecule has 0 aliphatic carbocycles. The molecule has 3 rings (SSSR count). The molecule has 2 atom stereocenters. The third-order valence-corrected chi connectivity index (χ3v) is 6.51. The fourth-order valence-electron chi connectivity index (χ4n) is 2.97. The number of rotatable bonds is 7. The van der Waals surface area contributed by atoms with E-state index < -0.39 is 35.2 Å². The summed E-state index contributed by atoms with van der Waals surface area (Å²) in [5.41, 5.74) is -0.199. The Hall–Kier alpha value is -3.12. The number of thioether (sulfide) groups is 1. The van der Waals surface area contributed by atoms with Crippen LogP contribution in [0.1, 0.15) is 11.8 Å². The van der Waals surface area contributed by atoms with Crippen LogP contribution >= 0.6 is 23.1 Å². The van der Waals surface area contributed by atoms with Crippen LogP contribution in [-0.4, -0.2) is 68.5 Å². The second-order valence-electron chi connectivity index (χ2n) is 6.15. The number of carboxylic acids is 1. The SMILES string of the molecule is C/C=C/C(=O)OCC1=C(C(=O)O)N2C(=O)[C@@H](NC(=O)C(=NO)c3cccs3)[C@@H]2SC1. The van der Waals surface area contributed by atoms with Crippen LogP contribution in [0, 0.1) is 0 Å². The number of thiophene rings is 1. The summed E-state index contributed by atoms with van der Waals surface area (Å²) < 4.78 is 5.01. The fraction of sp³-hybridized carbons (Fsp3) is 0.278. The van der Waals surface area contributed by atoms with Crippen LogP contribution in [0.2, 0.25) is 0 Å². The molecule has 0 unspecified atom stereocenters. The molecule has 0 aromatic carbocycles. The molecule has 1 aromatic rings. The summed E-state index contributed by atoms with van der Waals surface area (Å²) in [5.74, 6) is -3.10. The number of carbonyl (C=O) groups is 4. The van der Waals surface area contributed by atoms with Gasteiger partial charge < -0.3 is 20.4 Å². The summed E-state index contributed by atoms with van der Waals surface area (Å²) in [6.45, 7) is 1.38. The number of hydrogen-bond acceptors (Lipinski definition) is 9. The molecule has 0 bridgehead atoms. The van der Waals surface area contributed by atoms with Gasteiger partial charge in [-0.05, 0) is 18.4 Å². The second-order valence-corrected chi connectivity index (χ2v) is 8.20. The van der Waals surface area contributed by atoms with E-state index in [-0.39, 0.29) is 29.3 Å². The molecular formula is C18H17N3O7S2. The molecule has 1 aromatic heterocycles. The summed E-state index contributed by atoms with van der Waals surface area (Å²) in [4.78, 5) is 49.8. The van der Waals surface area contributed by atoms with Crippen molar-refractivity contribution in [2.75, 3.05) is 12.4 Å². The minimum Gasteiger partial charge on any atom is -0.477 e. The Morgan fingerprint density at radius 3 is 2.80 bits per heavy atom. The number of amides is 2. The number of fused-ring (bicyclic) bond motifs is 1. The van der Waals surface area contributed by atoms with E-state index in [9.17, 15) is 24.3 Å². The van der Waals surface area contributed by atoms with Crippen molar-refractivity contribution in [2.45, 2.75) is 18.3 Å². The Morgan fingerprint density at radius 2 is 2.20 bits per heavy atom. The van der Waals surface area contributed by atoms with E-state index in [1.807, 2.05) is 0 Å². The van der Waals surface area contributed by atoms with Gasteiger partial charge in [0, 0.05) is 17.4 Å². The third kappa shape index (κ3) is 4.09. The number of oxime groups is 1. The molecule has 3 N–H and O–H groups in total. The van der Waals surface area contributed by atoms with Crippen LogP contribution in [0.3, 0.4) is 0 Å². The summed E-state index contributed by atoms with van der Waals surface area (Å²) in [6, 6.07) is 2.30. The van der Waals surface area contributed by atoms with Gasteiger partial charge in [-0.1, -0.05) is 17.3 Å². The summed E-state index contributed by atoms with van der Waals surface area (Å²) >= 11 is 2.43. The van der Waals surface area contributed by atoms with Gasteiger partial charge in [-0.2, -0.15) is 0 Å². The van der Waals surface area contributed by atoms with Gasteiger partial charge in [0.15, 0.2) is 5.71 Å². The molecule has 0 saturated carbocycles. The molecular weight excluding hydrogens is 434 g/mol. The van der Waals surface area contributed by atoms with Gasteiger partial charge in [-0.15, -0.1) is 23.1 Å². The van der Waals surface area contributed by atoms with E-state index in [1.165, 1.54) is 35.3 Å². The number of nitrogens with one attached hydrogen (secondary N) is 1. The van der Waals surface area contributed by atoms with Crippen LogP contribution in [-0.2, 0) is 23.9 Å². The molecule has 3 heterocycles. The van der Waals surface area contributed by atoms with Crippen LogP contribution in [0.25, 0.3) is 0 Å². The number of ether oxygens (including phenoxy) is 1. The molecule has 2 aliphatic heterocycles. The van der Waals surface area contributed by atoms with Crippen molar-refractivity contribution >= 4 is 52.6 Å². The Kier molecular flexibility index (Phi) is 6.57. The molecule has 0 spiro atoms.